The molecule has 0 aliphatic heterocycles. The highest BCUT2D eigenvalue weighted by Gasteiger charge is 2.07. The van der Waals surface area contributed by atoms with Crippen molar-refractivity contribution in [3.8, 4) is 5.75 Å². The molecule has 0 aliphatic carbocycles. The summed E-state index contributed by atoms with van der Waals surface area (Å²) in [6.45, 7) is 1.40. The number of nitrogens with one attached hydrogen (secondary N) is 1. The van der Waals surface area contributed by atoms with E-state index < -0.39 is 0 Å². The van der Waals surface area contributed by atoms with Crippen LogP contribution in [0, 0.1) is 3.57 Å². The predicted octanol–water partition coefficient (Wildman–Crippen LogP) is 2.01. The van der Waals surface area contributed by atoms with E-state index in [1.54, 1.807) is 24.7 Å². The average molecular weight is 371 g/mol. The Kier molecular flexibility index (Phi) is 4.78. The predicted molar refractivity (Wildman–Crippen MR) is 80.0 cm³/mol. The maximum absolute atomic E-state index is 11.8. The van der Waals surface area contributed by atoms with Crippen LogP contribution >= 0.6 is 22.6 Å². The minimum atomic E-state index is -0.169. The third-order valence-electron chi connectivity index (χ3n) is 2.65. The van der Waals surface area contributed by atoms with Gasteiger partial charge in [-0.2, -0.15) is 0 Å². The van der Waals surface area contributed by atoms with Crippen molar-refractivity contribution in [1.29, 1.82) is 0 Å². The summed E-state index contributed by atoms with van der Waals surface area (Å²) >= 11 is 2.01. The molecule has 1 aromatic carbocycles. The first-order chi connectivity index (χ1) is 9.16. The van der Waals surface area contributed by atoms with Gasteiger partial charge in [-0.15, -0.1) is 0 Å². The van der Waals surface area contributed by atoms with Crippen molar-refractivity contribution in [2.45, 2.75) is 13.0 Å². The minimum absolute atomic E-state index is 0.131. The van der Waals surface area contributed by atoms with Gasteiger partial charge < -0.3 is 15.0 Å². The topological polar surface area (TPSA) is 67.2 Å². The summed E-state index contributed by atoms with van der Waals surface area (Å²) in [4.78, 5) is 15.8. The number of hydrogen-bond donors (Lipinski definition) is 2. The maximum atomic E-state index is 11.8. The van der Waals surface area contributed by atoms with E-state index >= 15 is 0 Å². The fraction of sp³-hybridized carbons (Fsp3) is 0.231. The summed E-state index contributed by atoms with van der Waals surface area (Å²) in [5, 5.41) is 12.4. The summed E-state index contributed by atoms with van der Waals surface area (Å²) in [5.74, 6) is -0.0380. The van der Waals surface area contributed by atoms with Gasteiger partial charge in [-0.1, -0.05) is 0 Å². The Hall–Kier alpha value is -1.57. The maximum Gasteiger partial charge on any atom is 0.251 e. The first-order valence-corrected chi connectivity index (χ1v) is 6.97. The van der Waals surface area contributed by atoms with E-state index in [1.807, 2.05) is 33.4 Å². The summed E-state index contributed by atoms with van der Waals surface area (Å²) in [5.41, 5.74) is 0.473. The van der Waals surface area contributed by atoms with Crippen LogP contribution in [-0.2, 0) is 6.54 Å². The molecule has 6 heteroatoms. The number of carbonyl (C=O) groups excluding carboxylic acids is 1. The first-order valence-electron chi connectivity index (χ1n) is 5.89. The Morgan fingerprint density at radius 1 is 1.47 bits per heavy atom. The molecule has 1 aromatic heterocycles. The van der Waals surface area contributed by atoms with E-state index in [0.29, 0.717) is 12.1 Å². The van der Waals surface area contributed by atoms with Gasteiger partial charge in [-0.05, 0) is 47.2 Å². The van der Waals surface area contributed by atoms with Crippen LogP contribution < -0.4 is 5.32 Å². The Labute approximate surface area is 124 Å². The highest BCUT2D eigenvalue weighted by Crippen LogP contribution is 2.20. The lowest BCUT2D eigenvalue weighted by atomic mass is 10.2. The number of rotatable bonds is 5. The van der Waals surface area contributed by atoms with Crippen molar-refractivity contribution in [3.63, 3.8) is 0 Å². The van der Waals surface area contributed by atoms with Gasteiger partial charge in [0.05, 0.1) is 9.90 Å². The van der Waals surface area contributed by atoms with Crippen molar-refractivity contribution in [2.75, 3.05) is 6.54 Å². The molecule has 5 nitrogen and oxygen atoms in total. The normalized spacial score (nSPS) is 10.4. The van der Waals surface area contributed by atoms with E-state index in [4.69, 9.17) is 0 Å². The number of aryl methyl sites for hydroxylation is 1. The molecule has 0 spiro atoms. The molecular formula is C13H14IN3O2. The highest BCUT2D eigenvalue weighted by atomic mass is 127. The van der Waals surface area contributed by atoms with Crippen LogP contribution in [0.2, 0.25) is 0 Å². The molecule has 0 radical (unpaired) electrons. The zero-order chi connectivity index (χ0) is 13.7. The second-order valence-electron chi connectivity index (χ2n) is 4.08. The Balaban J connectivity index is 1.79. The molecule has 0 aliphatic rings. The summed E-state index contributed by atoms with van der Waals surface area (Å²) < 4.78 is 2.69. The lowest BCUT2D eigenvalue weighted by Crippen LogP contribution is -2.25. The largest absolute Gasteiger partial charge is 0.507 e. The van der Waals surface area contributed by atoms with Gasteiger partial charge in [0.15, 0.2) is 0 Å². The van der Waals surface area contributed by atoms with Crippen LogP contribution in [0.1, 0.15) is 16.8 Å². The second-order valence-corrected chi connectivity index (χ2v) is 5.24. The zero-order valence-electron chi connectivity index (χ0n) is 10.2. The standard InChI is InChI=1S/C13H14IN3O2/c14-11-3-2-10(8-12(11)18)13(19)16-4-1-6-17-7-5-15-9-17/h2-3,5,7-9,18H,1,4,6H2,(H,16,19). The summed E-state index contributed by atoms with van der Waals surface area (Å²) in [6, 6.07) is 4.90. The molecule has 2 aromatic rings. The number of phenols is 1. The average Bonchev–Trinajstić information content (AvgIpc) is 2.91. The van der Waals surface area contributed by atoms with E-state index in [0.717, 1.165) is 16.5 Å². The summed E-state index contributed by atoms with van der Waals surface area (Å²) in [6.07, 6.45) is 6.20. The number of carbonyl (C=O) groups is 1. The number of benzene rings is 1. The van der Waals surface area contributed by atoms with Crippen LogP contribution in [0.5, 0.6) is 5.75 Å². The van der Waals surface area contributed by atoms with Gasteiger partial charge in [0.2, 0.25) is 0 Å². The molecule has 19 heavy (non-hydrogen) atoms. The molecule has 0 saturated carbocycles. The number of nitrogens with zero attached hydrogens (tertiary/aromatic N) is 2. The van der Waals surface area contributed by atoms with E-state index in [1.165, 1.54) is 6.07 Å². The van der Waals surface area contributed by atoms with Gasteiger partial charge in [-0.25, -0.2) is 4.98 Å². The minimum Gasteiger partial charge on any atom is -0.507 e. The summed E-state index contributed by atoms with van der Waals surface area (Å²) in [7, 11) is 0. The number of aromatic nitrogens is 2. The monoisotopic (exact) mass is 371 g/mol. The molecule has 0 unspecified atom stereocenters. The number of imidazole rings is 1. The molecule has 1 heterocycles. The molecule has 100 valence electrons. The SMILES string of the molecule is O=C(NCCCn1ccnc1)c1ccc(I)c(O)c1. The highest BCUT2D eigenvalue weighted by molar-refractivity contribution is 14.1. The van der Waals surface area contributed by atoms with Crippen molar-refractivity contribution in [3.05, 3.63) is 46.1 Å². The Bertz CT molecular complexity index is 555. The number of aromatic hydroxyl groups is 1. The van der Waals surface area contributed by atoms with Gasteiger partial charge in [0.25, 0.3) is 5.91 Å². The molecular weight excluding hydrogens is 357 g/mol. The van der Waals surface area contributed by atoms with Crippen LogP contribution in [0.3, 0.4) is 0 Å². The number of phenolic OH excluding ortho intramolecular Hbond substituents is 1. The third-order valence-corrected chi connectivity index (χ3v) is 3.56. The second kappa shape index (κ2) is 6.55. The van der Waals surface area contributed by atoms with Crippen molar-refractivity contribution >= 4 is 28.5 Å². The van der Waals surface area contributed by atoms with Gasteiger partial charge in [0, 0.05) is 31.0 Å². The first kappa shape index (κ1) is 13.9. The van der Waals surface area contributed by atoms with E-state index in [2.05, 4.69) is 10.3 Å². The molecule has 0 atom stereocenters. The quantitative estimate of drug-likeness (QED) is 0.624. The van der Waals surface area contributed by atoms with Crippen LogP contribution in [0.25, 0.3) is 0 Å². The fourth-order valence-corrected chi connectivity index (χ4v) is 1.97. The van der Waals surface area contributed by atoms with Crippen molar-refractivity contribution in [2.24, 2.45) is 0 Å². The lowest BCUT2D eigenvalue weighted by Gasteiger charge is -2.06. The lowest BCUT2D eigenvalue weighted by molar-refractivity contribution is 0.0952. The molecule has 0 fully saturated rings. The molecule has 0 bridgehead atoms. The zero-order valence-corrected chi connectivity index (χ0v) is 12.4. The molecule has 2 N–H and O–H groups in total. The number of hydrogen-bond acceptors (Lipinski definition) is 3. The van der Waals surface area contributed by atoms with Crippen molar-refractivity contribution in [1.82, 2.24) is 14.9 Å². The Morgan fingerprint density at radius 3 is 3.00 bits per heavy atom. The molecule has 1 amide bonds. The fourth-order valence-electron chi connectivity index (χ4n) is 1.64. The van der Waals surface area contributed by atoms with Crippen LogP contribution in [-0.4, -0.2) is 27.1 Å². The smallest absolute Gasteiger partial charge is 0.251 e. The van der Waals surface area contributed by atoms with Gasteiger partial charge in [-0.3, -0.25) is 4.79 Å². The van der Waals surface area contributed by atoms with Gasteiger partial charge in [0.1, 0.15) is 5.75 Å². The molecule has 0 saturated heterocycles. The number of halogens is 1. The number of amides is 1. The van der Waals surface area contributed by atoms with Crippen LogP contribution in [0.15, 0.2) is 36.9 Å². The van der Waals surface area contributed by atoms with Crippen molar-refractivity contribution < 1.29 is 9.90 Å². The third kappa shape index (κ3) is 3.95. The Morgan fingerprint density at radius 2 is 2.32 bits per heavy atom. The van der Waals surface area contributed by atoms with E-state index in [9.17, 15) is 9.90 Å². The van der Waals surface area contributed by atoms with Crippen LogP contribution in [0.4, 0.5) is 0 Å². The molecule has 2 rings (SSSR count). The van der Waals surface area contributed by atoms with E-state index in [-0.39, 0.29) is 11.7 Å². The van der Waals surface area contributed by atoms with Gasteiger partial charge >= 0.3 is 0 Å².